The second-order valence-electron chi connectivity index (χ2n) is 7.31. The molecule has 122 valence electrons. The summed E-state index contributed by atoms with van der Waals surface area (Å²) in [5, 5.41) is 4.87. The van der Waals surface area contributed by atoms with E-state index in [0.29, 0.717) is 0 Å². The van der Waals surface area contributed by atoms with Gasteiger partial charge >= 0.3 is 0 Å². The average molecular weight is 318 g/mol. The van der Waals surface area contributed by atoms with Crippen LogP contribution in [0.5, 0.6) is 0 Å². The van der Waals surface area contributed by atoms with Crippen molar-refractivity contribution in [1.82, 2.24) is 14.0 Å². The number of imidazole rings is 1. The van der Waals surface area contributed by atoms with Gasteiger partial charge in [-0.15, -0.1) is 0 Å². The molecule has 0 aliphatic rings. The molecular formula is C20H22N4. The first kappa shape index (κ1) is 14.8. The zero-order valence-electron chi connectivity index (χ0n) is 14.5. The Kier molecular flexibility index (Phi) is 3.17. The highest BCUT2D eigenvalue weighted by atomic mass is 15.2. The van der Waals surface area contributed by atoms with Crippen molar-refractivity contribution >= 4 is 22.4 Å². The zero-order valence-corrected chi connectivity index (χ0v) is 14.5. The summed E-state index contributed by atoms with van der Waals surface area (Å²) in [6, 6.07) is 14.8. The van der Waals surface area contributed by atoms with Crippen molar-refractivity contribution in [2.45, 2.75) is 26.3 Å². The molecule has 1 aromatic carbocycles. The Morgan fingerprint density at radius 1 is 1.00 bits per heavy atom. The quantitative estimate of drug-likeness (QED) is 0.581. The van der Waals surface area contributed by atoms with E-state index in [1.807, 2.05) is 18.2 Å². The van der Waals surface area contributed by atoms with Crippen molar-refractivity contribution in [3.63, 3.8) is 0 Å². The monoisotopic (exact) mass is 318 g/mol. The molecule has 0 amide bonds. The minimum absolute atomic E-state index is 0.0460. The van der Waals surface area contributed by atoms with Crippen LogP contribution in [0, 0.1) is 0 Å². The third kappa shape index (κ3) is 2.44. The first-order valence-corrected chi connectivity index (χ1v) is 8.23. The van der Waals surface area contributed by atoms with E-state index in [1.165, 1.54) is 10.9 Å². The van der Waals surface area contributed by atoms with Crippen molar-refractivity contribution in [2.75, 3.05) is 5.32 Å². The molecule has 0 radical (unpaired) electrons. The number of nitrogens with zero attached hydrogens (tertiary/aromatic N) is 3. The maximum absolute atomic E-state index is 4.88. The Morgan fingerprint density at radius 2 is 1.83 bits per heavy atom. The van der Waals surface area contributed by atoms with Crippen molar-refractivity contribution in [3.8, 4) is 11.3 Å². The molecule has 0 spiro atoms. The standard InChI is InChI=1S/C20H22N4/c1-20(2,3)22-19-18(21-17-7-5-6-11-24(17)19)15-9-8-14-10-12-23(4)16(14)13-15/h5-13,22H,1-4H3. The van der Waals surface area contributed by atoms with Gasteiger partial charge in [0.1, 0.15) is 17.2 Å². The van der Waals surface area contributed by atoms with E-state index in [1.54, 1.807) is 0 Å². The molecule has 3 heterocycles. The lowest BCUT2D eigenvalue weighted by Gasteiger charge is -2.22. The highest BCUT2D eigenvalue weighted by Gasteiger charge is 2.19. The Bertz CT molecular complexity index is 1030. The van der Waals surface area contributed by atoms with E-state index < -0.39 is 0 Å². The summed E-state index contributed by atoms with van der Waals surface area (Å²) >= 11 is 0. The van der Waals surface area contributed by atoms with E-state index >= 15 is 0 Å². The molecule has 0 atom stereocenters. The summed E-state index contributed by atoms with van der Waals surface area (Å²) in [5.74, 6) is 1.03. The summed E-state index contributed by atoms with van der Waals surface area (Å²) in [6.07, 6.45) is 4.15. The number of rotatable bonds is 2. The lowest BCUT2D eigenvalue weighted by Crippen LogP contribution is -2.27. The number of benzene rings is 1. The lowest BCUT2D eigenvalue weighted by atomic mass is 10.1. The minimum Gasteiger partial charge on any atom is -0.365 e. The van der Waals surface area contributed by atoms with Crippen LogP contribution in [0.2, 0.25) is 0 Å². The average Bonchev–Trinajstić information content (AvgIpc) is 3.08. The highest BCUT2D eigenvalue weighted by molar-refractivity contribution is 5.87. The molecule has 4 rings (SSSR count). The smallest absolute Gasteiger partial charge is 0.139 e. The fraction of sp³-hybridized carbons (Fsp3) is 0.250. The highest BCUT2D eigenvalue weighted by Crippen LogP contribution is 2.32. The molecule has 24 heavy (non-hydrogen) atoms. The zero-order chi connectivity index (χ0) is 16.9. The van der Waals surface area contributed by atoms with Crippen molar-refractivity contribution in [2.24, 2.45) is 7.05 Å². The summed E-state index contributed by atoms with van der Waals surface area (Å²) in [4.78, 5) is 4.88. The molecule has 3 aromatic heterocycles. The third-order valence-electron chi connectivity index (χ3n) is 4.18. The third-order valence-corrected chi connectivity index (χ3v) is 4.18. The summed E-state index contributed by atoms with van der Waals surface area (Å²) < 4.78 is 4.27. The van der Waals surface area contributed by atoms with Crippen LogP contribution >= 0.6 is 0 Å². The number of fused-ring (bicyclic) bond motifs is 2. The van der Waals surface area contributed by atoms with Gasteiger partial charge < -0.3 is 9.88 Å². The molecule has 0 fully saturated rings. The maximum atomic E-state index is 4.88. The molecule has 4 aromatic rings. The summed E-state index contributed by atoms with van der Waals surface area (Å²) in [5.41, 5.74) is 4.23. The van der Waals surface area contributed by atoms with Gasteiger partial charge in [0.05, 0.1) is 0 Å². The van der Waals surface area contributed by atoms with Crippen LogP contribution in [-0.4, -0.2) is 19.5 Å². The van der Waals surface area contributed by atoms with Crippen LogP contribution in [0.4, 0.5) is 5.82 Å². The molecule has 0 aliphatic heterocycles. The molecule has 0 saturated heterocycles. The second kappa shape index (κ2) is 5.13. The predicted octanol–water partition coefficient (Wildman–Crippen LogP) is 4.70. The van der Waals surface area contributed by atoms with Gasteiger partial charge in [-0.25, -0.2) is 4.98 Å². The van der Waals surface area contributed by atoms with Gasteiger partial charge in [-0.05, 0) is 50.4 Å². The fourth-order valence-corrected chi connectivity index (χ4v) is 3.08. The van der Waals surface area contributed by atoms with Gasteiger partial charge in [0.2, 0.25) is 0 Å². The minimum atomic E-state index is -0.0460. The van der Waals surface area contributed by atoms with Crippen molar-refractivity contribution in [3.05, 3.63) is 54.9 Å². The normalized spacial score (nSPS) is 12.2. The van der Waals surface area contributed by atoms with Gasteiger partial charge in [0, 0.05) is 36.1 Å². The molecule has 0 unspecified atom stereocenters. The van der Waals surface area contributed by atoms with E-state index in [0.717, 1.165) is 22.7 Å². The van der Waals surface area contributed by atoms with Crippen LogP contribution in [0.3, 0.4) is 0 Å². The SMILES string of the molecule is Cn1ccc2ccc(-c3nc4ccccn4c3NC(C)(C)C)cc21. The number of anilines is 1. The van der Waals surface area contributed by atoms with Crippen LogP contribution in [0.25, 0.3) is 27.8 Å². The summed E-state index contributed by atoms with van der Waals surface area (Å²) in [7, 11) is 2.07. The van der Waals surface area contributed by atoms with Gasteiger partial charge in [-0.3, -0.25) is 4.40 Å². The van der Waals surface area contributed by atoms with Crippen molar-refractivity contribution in [1.29, 1.82) is 0 Å². The van der Waals surface area contributed by atoms with Gasteiger partial charge in [-0.1, -0.05) is 18.2 Å². The topological polar surface area (TPSA) is 34.3 Å². The van der Waals surface area contributed by atoms with Crippen LogP contribution in [0.1, 0.15) is 20.8 Å². The molecule has 0 saturated carbocycles. The Morgan fingerprint density at radius 3 is 2.62 bits per heavy atom. The van der Waals surface area contributed by atoms with E-state index in [9.17, 15) is 0 Å². The van der Waals surface area contributed by atoms with Gasteiger partial charge in [0.15, 0.2) is 0 Å². The molecule has 0 bridgehead atoms. The largest absolute Gasteiger partial charge is 0.365 e. The Hall–Kier alpha value is -2.75. The second-order valence-corrected chi connectivity index (χ2v) is 7.31. The predicted molar refractivity (Wildman–Crippen MR) is 100 cm³/mol. The van der Waals surface area contributed by atoms with Crippen LogP contribution in [-0.2, 0) is 7.05 Å². The van der Waals surface area contributed by atoms with E-state index in [2.05, 4.69) is 78.8 Å². The number of aryl methyl sites for hydroxylation is 1. The van der Waals surface area contributed by atoms with E-state index in [4.69, 9.17) is 4.98 Å². The van der Waals surface area contributed by atoms with Crippen LogP contribution < -0.4 is 5.32 Å². The van der Waals surface area contributed by atoms with E-state index in [-0.39, 0.29) is 5.54 Å². The fourth-order valence-electron chi connectivity index (χ4n) is 3.08. The number of aromatic nitrogens is 3. The molecule has 4 nitrogen and oxygen atoms in total. The number of nitrogens with one attached hydrogen (secondary N) is 1. The Labute approximate surface area is 141 Å². The Balaban J connectivity index is 1.96. The number of hydrogen-bond donors (Lipinski definition) is 1. The van der Waals surface area contributed by atoms with Crippen molar-refractivity contribution < 1.29 is 0 Å². The van der Waals surface area contributed by atoms with Crippen LogP contribution in [0.15, 0.2) is 54.9 Å². The first-order valence-electron chi connectivity index (χ1n) is 8.23. The number of pyridine rings is 1. The molecular weight excluding hydrogens is 296 g/mol. The maximum Gasteiger partial charge on any atom is 0.139 e. The lowest BCUT2D eigenvalue weighted by molar-refractivity contribution is 0.629. The number of hydrogen-bond acceptors (Lipinski definition) is 2. The summed E-state index contributed by atoms with van der Waals surface area (Å²) in [6.45, 7) is 6.50. The molecule has 4 heteroatoms. The van der Waals surface area contributed by atoms with Gasteiger partial charge in [-0.2, -0.15) is 0 Å². The van der Waals surface area contributed by atoms with Gasteiger partial charge in [0.25, 0.3) is 0 Å². The molecule has 1 N–H and O–H groups in total. The molecule has 0 aliphatic carbocycles. The first-order chi connectivity index (χ1) is 11.4.